The lowest BCUT2D eigenvalue weighted by atomic mass is 9.87. The summed E-state index contributed by atoms with van der Waals surface area (Å²) in [4.78, 5) is 4.51. The van der Waals surface area contributed by atoms with Crippen LogP contribution in [0.25, 0.3) is 11.3 Å². The number of aliphatic hydroxyl groups is 1. The zero-order valence-electron chi connectivity index (χ0n) is 11.5. The summed E-state index contributed by atoms with van der Waals surface area (Å²) in [5.41, 5.74) is 2.13. The summed E-state index contributed by atoms with van der Waals surface area (Å²) in [6, 6.07) is 12.5. The third kappa shape index (κ3) is 3.12. The number of hydrogen-bond donors (Lipinski definition) is 2. The molecule has 0 radical (unpaired) electrons. The number of phenols is 1. The number of phenolic OH excluding ortho intramolecular Hbond substituents is 1. The molecule has 1 aromatic carbocycles. The van der Waals surface area contributed by atoms with E-state index in [2.05, 4.69) is 4.98 Å². The van der Waals surface area contributed by atoms with Gasteiger partial charge in [-0.1, -0.05) is 26.8 Å². The molecular weight excluding hydrogens is 238 g/mol. The number of pyridine rings is 1. The van der Waals surface area contributed by atoms with Crippen LogP contribution < -0.4 is 0 Å². The maximum atomic E-state index is 10.3. The van der Waals surface area contributed by atoms with Crippen LogP contribution in [0, 0.1) is 5.41 Å². The Hall–Kier alpha value is -1.87. The molecule has 19 heavy (non-hydrogen) atoms. The zero-order chi connectivity index (χ0) is 14.0. The van der Waals surface area contributed by atoms with Crippen LogP contribution in [-0.4, -0.2) is 15.2 Å². The summed E-state index contributed by atoms with van der Waals surface area (Å²) in [7, 11) is 0. The number of nitrogens with zero attached hydrogens (tertiary/aromatic N) is 1. The monoisotopic (exact) mass is 257 g/mol. The minimum Gasteiger partial charge on any atom is -0.508 e. The number of hydrogen-bond acceptors (Lipinski definition) is 3. The highest BCUT2D eigenvalue weighted by Gasteiger charge is 2.25. The number of rotatable bonds is 2. The van der Waals surface area contributed by atoms with Gasteiger partial charge in [-0.2, -0.15) is 0 Å². The average Bonchev–Trinajstić information content (AvgIpc) is 2.38. The lowest BCUT2D eigenvalue weighted by Gasteiger charge is -2.25. The smallest absolute Gasteiger partial charge is 0.115 e. The molecule has 2 rings (SSSR count). The van der Waals surface area contributed by atoms with Gasteiger partial charge in [-0.05, 0) is 41.8 Å². The molecular formula is C16H19NO2. The van der Waals surface area contributed by atoms with Crippen molar-refractivity contribution in [3.05, 3.63) is 48.2 Å². The van der Waals surface area contributed by atoms with Gasteiger partial charge in [0.05, 0.1) is 11.4 Å². The maximum absolute atomic E-state index is 10.3. The molecule has 3 nitrogen and oxygen atoms in total. The highest BCUT2D eigenvalue weighted by molar-refractivity contribution is 5.60. The van der Waals surface area contributed by atoms with Crippen molar-refractivity contribution in [2.24, 2.45) is 5.41 Å². The first-order chi connectivity index (χ1) is 8.88. The van der Waals surface area contributed by atoms with E-state index in [1.807, 2.05) is 51.1 Å². The number of benzene rings is 1. The normalized spacial score (nSPS) is 13.3. The molecule has 0 saturated heterocycles. The van der Waals surface area contributed by atoms with Gasteiger partial charge in [-0.15, -0.1) is 0 Å². The van der Waals surface area contributed by atoms with Crippen LogP contribution in [0.5, 0.6) is 5.75 Å². The van der Waals surface area contributed by atoms with Crippen LogP contribution in [0.2, 0.25) is 0 Å². The Morgan fingerprint density at radius 3 is 2.21 bits per heavy atom. The number of aromatic hydroxyl groups is 1. The van der Waals surface area contributed by atoms with Crippen molar-refractivity contribution in [3.63, 3.8) is 0 Å². The number of aliphatic hydroxyl groups excluding tert-OH is 1. The van der Waals surface area contributed by atoms with Gasteiger partial charge >= 0.3 is 0 Å². The Kier molecular flexibility index (Phi) is 3.58. The maximum Gasteiger partial charge on any atom is 0.115 e. The number of aromatic nitrogens is 1. The fourth-order valence-corrected chi connectivity index (χ4v) is 1.84. The summed E-state index contributed by atoms with van der Waals surface area (Å²) in [6.45, 7) is 5.94. The zero-order valence-corrected chi connectivity index (χ0v) is 11.5. The average molecular weight is 257 g/mol. The Morgan fingerprint density at radius 1 is 1.00 bits per heavy atom. The third-order valence-electron chi connectivity index (χ3n) is 3.03. The predicted molar refractivity (Wildman–Crippen MR) is 75.8 cm³/mol. The molecule has 2 aromatic rings. The van der Waals surface area contributed by atoms with Crippen molar-refractivity contribution in [2.45, 2.75) is 26.9 Å². The molecule has 1 aromatic heterocycles. The van der Waals surface area contributed by atoms with Crippen molar-refractivity contribution < 1.29 is 10.2 Å². The van der Waals surface area contributed by atoms with Gasteiger partial charge in [0.1, 0.15) is 11.9 Å². The molecule has 0 aliphatic heterocycles. The van der Waals surface area contributed by atoms with Crippen LogP contribution in [0.4, 0.5) is 0 Å². The van der Waals surface area contributed by atoms with E-state index < -0.39 is 6.10 Å². The molecule has 1 atom stereocenters. The first-order valence-electron chi connectivity index (χ1n) is 6.32. The van der Waals surface area contributed by atoms with Crippen LogP contribution >= 0.6 is 0 Å². The van der Waals surface area contributed by atoms with Crippen molar-refractivity contribution in [2.75, 3.05) is 0 Å². The van der Waals surface area contributed by atoms with Gasteiger partial charge in [-0.3, -0.25) is 4.98 Å². The van der Waals surface area contributed by atoms with Crippen molar-refractivity contribution >= 4 is 0 Å². The second-order valence-electron chi connectivity index (χ2n) is 5.76. The van der Waals surface area contributed by atoms with Crippen LogP contribution in [-0.2, 0) is 0 Å². The highest BCUT2D eigenvalue weighted by Crippen LogP contribution is 2.32. The van der Waals surface area contributed by atoms with Crippen LogP contribution in [0.3, 0.4) is 0 Å². The Balaban J connectivity index is 2.37. The van der Waals surface area contributed by atoms with Crippen LogP contribution in [0.15, 0.2) is 42.5 Å². The van der Waals surface area contributed by atoms with Crippen molar-refractivity contribution in [3.8, 4) is 17.0 Å². The summed E-state index contributed by atoms with van der Waals surface area (Å²) in [6.07, 6.45) is -0.607. The first-order valence-corrected chi connectivity index (χ1v) is 6.32. The van der Waals surface area contributed by atoms with Gasteiger partial charge in [-0.25, -0.2) is 0 Å². The fraction of sp³-hybridized carbons (Fsp3) is 0.312. The molecule has 0 amide bonds. The van der Waals surface area contributed by atoms with E-state index in [9.17, 15) is 10.2 Å². The molecule has 0 bridgehead atoms. The van der Waals surface area contributed by atoms with Crippen molar-refractivity contribution in [1.82, 2.24) is 4.98 Å². The summed E-state index contributed by atoms with van der Waals surface area (Å²) >= 11 is 0. The van der Waals surface area contributed by atoms with Gasteiger partial charge in [0.25, 0.3) is 0 Å². The molecule has 0 spiro atoms. The topological polar surface area (TPSA) is 53.4 Å². The van der Waals surface area contributed by atoms with Gasteiger partial charge in [0, 0.05) is 5.56 Å². The van der Waals surface area contributed by atoms with Crippen molar-refractivity contribution in [1.29, 1.82) is 0 Å². The Labute approximate surface area is 113 Å². The third-order valence-corrected chi connectivity index (χ3v) is 3.03. The van der Waals surface area contributed by atoms with Crippen LogP contribution in [0.1, 0.15) is 32.6 Å². The molecule has 3 heteroatoms. The molecule has 2 N–H and O–H groups in total. The quantitative estimate of drug-likeness (QED) is 0.865. The van der Waals surface area contributed by atoms with E-state index in [0.29, 0.717) is 5.69 Å². The molecule has 0 aliphatic rings. The summed E-state index contributed by atoms with van der Waals surface area (Å²) < 4.78 is 0. The lowest BCUT2D eigenvalue weighted by Crippen LogP contribution is -2.19. The van der Waals surface area contributed by atoms with Gasteiger partial charge in [0.2, 0.25) is 0 Å². The second kappa shape index (κ2) is 5.02. The highest BCUT2D eigenvalue weighted by atomic mass is 16.3. The minimum atomic E-state index is -0.607. The van der Waals surface area contributed by atoms with E-state index in [4.69, 9.17) is 0 Å². The lowest BCUT2D eigenvalue weighted by molar-refractivity contribution is 0.0590. The fourth-order valence-electron chi connectivity index (χ4n) is 1.84. The first kappa shape index (κ1) is 13.6. The Morgan fingerprint density at radius 2 is 1.63 bits per heavy atom. The largest absolute Gasteiger partial charge is 0.508 e. The molecule has 0 unspecified atom stereocenters. The summed E-state index contributed by atoms with van der Waals surface area (Å²) in [5, 5.41) is 19.6. The van der Waals surface area contributed by atoms with E-state index in [0.717, 1.165) is 11.3 Å². The minimum absolute atomic E-state index is 0.231. The van der Waals surface area contributed by atoms with E-state index in [-0.39, 0.29) is 11.2 Å². The molecule has 0 saturated carbocycles. The van der Waals surface area contributed by atoms with E-state index >= 15 is 0 Å². The molecule has 100 valence electrons. The molecule has 0 fully saturated rings. The predicted octanol–water partition coefficient (Wildman–Crippen LogP) is 3.53. The standard InChI is InChI=1S/C16H19NO2/c1-16(2,3)15(19)14-6-4-5-13(17-14)11-7-9-12(18)10-8-11/h4-10,15,18-19H,1-3H3/t15-/m0/s1. The van der Waals surface area contributed by atoms with E-state index in [1.165, 1.54) is 0 Å². The SMILES string of the molecule is CC(C)(C)[C@@H](O)c1cccc(-c2ccc(O)cc2)n1. The van der Waals surface area contributed by atoms with Gasteiger partial charge < -0.3 is 10.2 Å². The molecule has 1 heterocycles. The second-order valence-corrected chi connectivity index (χ2v) is 5.76. The Bertz CT molecular complexity index is 556. The van der Waals surface area contributed by atoms with E-state index in [1.54, 1.807) is 12.1 Å². The van der Waals surface area contributed by atoms with Gasteiger partial charge in [0.15, 0.2) is 0 Å². The summed E-state index contributed by atoms with van der Waals surface area (Å²) in [5.74, 6) is 0.231. The molecule has 0 aliphatic carbocycles.